The first-order chi connectivity index (χ1) is 13.3. The van der Waals surface area contributed by atoms with Gasteiger partial charge < -0.3 is 9.84 Å². The second-order valence-corrected chi connectivity index (χ2v) is 11.0. The number of hydrogen-bond donors (Lipinski definition) is 1. The van der Waals surface area contributed by atoms with Crippen LogP contribution in [0.15, 0.2) is 0 Å². The summed E-state index contributed by atoms with van der Waals surface area (Å²) >= 11 is 0. The number of carboxylic acid groups (broad SMARTS) is 1. The highest BCUT2D eigenvalue weighted by molar-refractivity contribution is 5.70. The maximum Gasteiger partial charge on any atom is 0.306 e. The summed E-state index contributed by atoms with van der Waals surface area (Å²) < 4.78 is 6.24. The maximum absolute atomic E-state index is 12.7. The molecule has 1 heterocycles. The summed E-state index contributed by atoms with van der Waals surface area (Å²) in [5.41, 5.74) is 0.438. The van der Waals surface area contributed by atoms with E-state index in [4.69, 9.17) is 9.84 Å². The van der Waals surface area contributed by atoms with Gasteiger partial charge in [0.2, 0.25) is 0 Å². The summed E-state index contributed by atoms with van der Waals surface area (Å²) in [6.07, 6.45) is 11.4. The lowest BCUT2D eigenvalue weighted by atomic mass is 9.51. The predicted molar refractivity (Wildman–Crippen MR) is 108 cm³/mol. The molecular formula is C24H38O4. The van der Waals surface area contributed by atoms with E-state index in [-0.39, 0.29) is 29.3 Å². The maximum atomic E-state index is 12.7. The van der Waals surface area contributed by atoms with Gasteiger partial charge in [-0.1, -0.05) is 33.6 Å². The highest BCUT2D eigenvalue weighted by Crippen LogP contribution is 2.65. The quantitative estimate of drug-likeness (QED) is 0.649. The van der Waals surface area contributed by atoms with Gasteiger partial charge in [0.05, 0.1) is 0 Å². The van der Waals surface area contributed by atoms with Gasteiger partial charge in [0.25, 0.3) is 0 Å². The molecule has 1 aliphatic heterocycles. The van der Waals surface area contributed by atoms with E-state index in [0.717, 1.165) is 19.3 Å². The first-order valence-corrected chi connectivity index (χ1v) is 11.7. The minimum atomic E-state index is -0.691. The molecule has 1 N–H and O–H groups in total. The van der Waals surface area contributed by atoms with E-state index in [0.29, 0.717) is 36.0 Å². The summed E-state index contributed by atoms with van der Waals surface area (Å²) in [5, 5.41) is 9.10. The van der Waals surface area contributed by atoms with Crippen LogP contribution in [-0.4, -0.2) is 23.1 Å². The summed E-state index contributed by atoms with van der Waals surface area (Å²) in [4.78, 5) is 23.8. The second kappa shape index (κ2) is 7.32. The van der Waals surface area contributed by atoms with Crippen LogP contribution in [0.4, 0.5) is 0 Å². The normalized spacial score (nSPS) is 46.5. The molecule has 8 atom stereocenters. The molecule has 0 spiro atoms. The van der Waals surface area contributed by atoms with Gasteiger partial charge in [-0.15, -0.1) is 0 Å². The van der Waals surface area contributed by atoms with Crippen LogP contribution in [0.3, 0.4) is 0 Å². The number of esters is 1. The molecule has 3 saturated carbocycles. The lowest BCUT2D eigenvalue weighted by molar-refractivity contribution is -0.165. The molecule has 0 bridgehead atoms. The fourth-order valence-electron chi connectivity index (χ4n) is 8.13. The monoisotopic (exact) mass is 390 g/mol. The summed E-state index contributed by atoms with van der Waals surface area (Å²) in [6.45, 7) is 7.12. The second-order valence-electron chi connectivity index (χ2n) is 11.0. The lowest BCUT2D eigenvalue weighted by Gasteiger charge is -2.54. The topological polar surface area (TPSA) is 63.6 Å². The van der Waals surface area contributed by atoms with Crippen LogP contribution in [-0.2, 0) is 14.3 Å². The number of ether oxygens (including phenoxy) is 1. The van der Waals surface area contributed by atoms with Crippen molar-refractivity contribution in [1.29, 1.82) is 0 Å². The van der Waals surface area contributed by atoms with Crippen LogP contribution in [0.25, 0.3) is 0 Å². The van der Waals surface area contributed by atoms with E-state index < -0.39 is 5.97 Å². The van der Waals surface area contributed by atoms with Crippen molar-refractivity contribution in [3.05, 3.63) is 0 Å². The van der Waals surface area contributed by atoms with Crippen molar-refractivity contribution in [2.24, 2.45) is 40.4 Å². The molecule has 4 nitrogen and oxygen atoms in total. The third-order valence-corrected chi connectivity index (χ3v) is 9.75. The highest BCUT2D eigenvalue weighted by Gasteiger charge is 2.61. The fourth-order valence-corrected chi connectivity index (χ4v) is 8.13. The Morgan fingerprint density at radius 1 is 1.11 bits per heavy atom. The molecule has 158 valence electrons. The van der Waals surface area contributed by atoms with Crippen molar-refractivity contribution in [3.63, 3.8) is 0 Å². The average Bonchev–Trinajstić information content (AvgIpc) is 2.94. The number of carbonyl (C=O) groups is 2. The molecule has 4 heteroatoms. The largest absolute Gasteiger partial charge is 0.481 e. The summed E-state index contributed by atoms with van der Waals surface area (Å²) in [6, 6.07) is 0. The van der Waals surface area contributed by atoms with Crippen LogP contribution >= 0.6 is 0 Å². The first-order valence-electron chi connectivity index (χ1n) is 11.7. The molecule has 6 unspecified atom stereocenters. The third kappa shape index (κ3) is 3.19. The van der Waals surface area contributed by atoms with Crippen LogP contribution in [0, 0.1) is 40.4 Å². The Labute approximate surface area is 169 Å². The number of aliphatic carboxylic acids is 1. The molecule has 0 amide bonds. The van der Waals surface area contributed by atoms with Gasteiger partial charge in [0.1, 0.15) is 6.10 Å². The third-order valence-electron chi connectivity index (χ3n) is 9.75. The molecule has 4 aliphatic rings. The SMILES string of the molecule is CC(CCC(=O)O)C1CCC2C3OC(=O)C[C@@H]4CCCC[C@]4(C)C3CCC12C. The molecule has 0 radical (unpaired) electrons. The number of hydrogen-bond acceptors (Lipinski definition) is 3. The Balaban J connectivity index is 1.58. The predicted octanol–water partition coefficient (Wildman–Crippen LogP) is 5.44. The first kappa shape index (κ1) is 20.2. The summed E-state index contributed by atoms with van der Waals surface area (Å²) in [7, 11) is 0. The molecule has 4 rings (SSSR count). The Hall–Kier alpha value is -1.06. The van der Waals surface area contributed by atoms with Gasteiger partial charge in [-0.25, -0.2) is 0 Å². The lowest BCUT2D eigenvalue weighted by Crippen LogP contribution is -2.52. The van der Waals surface area contributed by atoms with E-state index >= 15 is 0 Å². The molecule has 0 aromatic rings. The molecule has 4 fully saturated rings. The zero-order valence-corrected chi connectivity index (χ0v) is 17.9. The van der Waals surface area contributed by atoms with Gasteiger partial charge in [-0.2, -0.15) is 0 Å². The minimum Gasteiger partial charge on any atom is -0.481 e. The Morgan fingerprint density at radius 2 is 1.86 bits per heavy atom. The molecule has 0 aromatic carbocycles. The van der Waals surface area contributed by atoms with Crippen LogP contribution in [0.1, 0.15) is 91.4 Å². The van der Waals surface area contributed by atoms with Crippen molar-refractivity contribution in [2.75, 3.05) is 0 Å². The van der Waals surface area contributed by atoms with E-state index in [9.17, 15) is 9.59 Å². The summed E-state index contributed by atoms with van der Waals surface area (Å²) in [5.74, 6) is 1.78. The zero-order chi connectivity index (χ0) is 20.1. The van der Waals surface area contributed by atoms with Crippen LogP contribution in [0.2, 0.25) is 0 Å². The van der Waals surface area contributed by atoms with E-state index in [2.05, 4.69) is 20.8 Å². The van der Waals surface area contributed by atoms with Gasteiger partial charge in [0, 0.05) is 24.7 Å². The minimum absolute atomic E-state index is 0.0391. The van der Waals surface area contributed by atoms with E-state index in [1.807, 2.05) is 0 Å². The smallest absolute Gasteiger partial charge is 0.306 e. The zero-order valence-electron chi connectivity index (χ0n) is 17.9. The molecule has 28 heavy (non-hydrogen) atoms. The van der Waals surface area contributed by atoms with Gasteiger partial charge in [-0.3, -0.25) is 9.59 Å². The highest BCUT2D eigenvalue weighted by atomic mass is 16.5. The van der Waals surface area contributed by atoms with Crippen LogP contribution < -0.4 is 0 Å². The number of rotatable bonds is 4. The Bertz CT molecular complexity index is 630. The van der Waals surface area contributed by atoms with E-state index in [1.54, 1.807) is 0 Å². The van der Waals surface area contributed by atoms with Crippen molar-refractivity contribution in [1.82, 2.24) is 0 Å². The van der Waals surface area contributed by atoms with Crippen LogP contribution in [0.5, 0.6) is 0 Å². The number of fused-ring (bicyclic) bond motifs is 5. The van der Waals surface area contributed by atoms with Crippen molar-refractivity contribution in [2.45, 2.75) is 97.5 Å². The fraction of sp³-hybridized carbons (Fsp3) is 0.917. The van der Waals surface area contributed by atoms with E-state index in [1.165, 1.54) is 38.5 Å². The molecule has 3 aliphatic carbocycles. The average molecular weight is 391 g/mol. The molecule has 0 aromatic heterocycles. The molecule has 1 saturated heterocycles. The van der Waals surface area contributed by atoms with Gasteiger partial charge in [-0.05, 0) is 73.5 Å². The number of carboxylic acids is 1. The van der Waals surface area contributed by atoms with Gasteiger partial charge in [0.15, 0.2) is 0 Å². The Morgan fingerprint density at radius 3 is 2.61 bits per heavy atom. The van der Waals surface area contributed by atoms with Gasteiger partial charge >= 0.3 is 11.9 Å². The van der Waals surface area contributed by atoms with Crippen molar-refractivity contribution >= 4 is 11.9 Å². The standard InChI is InChI=1S/C24H38O4/c1-15(7-10-20(25)26)17-8-9-18-22-19(11-13-24(17,18)3)23(2)12-5-4-6-16(23)14-21(27)28-22/h15-19,22H,4-14H2,1-3H3,(H,25,26)/t15?,16-,17?,18?,19?,22?,23-,24?/m0/s1. The van der Waals surface area contributed by atoms with Crippen molar-refractivity contribution < 1.29 is 19.4 Å². The Kier molecular flexibility index (Phi) is 5.29. The number of carbonyl (C=O) groups excluding carboxylic acids is 1. The van der Waals surface area contributed by atoms with Crippen molar-refractivity contribution in [3.8, 4) is 0 Å². The molecular weight excluding hydrogens is 352 g/mol.